The number of rotatable bonds is 10. The molecule has 0 spiro atoms. The van der Waals surface area contributed by atoms with Crippen LogP contribution in [0.2, 0.25) is 0 Å². The number of carboxylic acid groups (broad SMARTS) is 1. The number of carbonyl (C=O) groups excluding carboxylic acids is 1. The number of hydrogen-bond acceptors (Lipinski definition) is 5. The molecule has 6 nitrogen and oxygen atoms in total. The molecule has 0 heterocycles. The van der Waals surface area contributed by atoms with Gasteiger partial charge < -0.3 is 20.3 Å². The molecule has 0 bridgehead atoms. The Bertz CT molecular complexity index is 1330. The van der Waals surface area contributed by atoms with Crippen molar-refractivity contribution in [1.82, 2.24) is 5.32 Å². The minimum Gasteiger partial charge on any atom is -0.481 e. The van der Waals surface area contributed by atoms with Gasteiger partial charge in [0.25, 0.3) is 0 Å². The molecule has 9 atom stereocenters. The highest BCUT2D eigenvalue weighted by Crippen LogP contribution is 2.77. The topological polar surface area (TPSA) is 95.9 Å². The van der Waals surface area contributed by atoms with Crippen molar-refractivity contribution < 1.29 is 24.5 Å². The zero-order chi connectivity index (χ0) is 36.5. The van der Waals surface area contributed by atoms with Crippen molar-refractivity contribution in [1.29, 1.82) is 0 Å². The summed E-state index contributed by atoms with van der Waals surface area (Å²) in [6, 6.07) is 0. The van der Waals surface area contributed by atoms with E-state index < -0.39 is 11.4 Å². The number of aliphatic hydroxyl groups is 1. The normalized spacial score (nSPS) is 40.8. The number of allylic oxidation sites excluding steroid dienone is 1. The Labute approximate surface area is 304 Å². The number of esters is 1. The van der Waals surface area contributed by atoms with Gasteiger partial charge in [-0.15, -0.1) is 0 Å². The van der Waals surface area contributed by atoms with Gasteiger partial charge in [-0.05, 0) is 143 Å². The molecule has 6 aliphatic carbocycles. The van der Waals surface area contributed by atoms with Crippen molar-refractivity contribution in [2.45, 2.75) is 177 Å². The molecular formula is C44H73NO5. The third-order valence-corrected chi connectivity index (χ3v) is 17.2. The van der Waals surface area contributed by atoms with Gasteiger partial charge in [-0.3, -0.25) is 9.59 Å². The van der Waals surface area contributed by atoms with E-state index in [1.807, 2.05) is 0 Å². The summed E-state index contributed by atoms with van der Waals surface area (Å²) in [6.45, 7) is 22.3. The number of carboxylic acids is 1. The van der Waals surface area contributed by atoms with Crippen molar-refractivity contribution in [3.63, 3.8) is 0 Å². The maximum Gasteiger partial charge on any atom is 0.309 e. The lowest BCUT2D eigenvalue weighted by atomic mass is 9.33. The molecule has 6 aliphatic rings. The van der Waals surface area contributed by atoms with Crippen molar-refractivity contribution in [2.75, 3.05) is 13.1 Å². The number of carbonyl (C=O) groups is 2. The van der Waals surface area contributed by atoms with E-state index in [-0.39, 0.29) is 51.7 Å². The maximum atomic E-state index is 13.1. The van der Waals surface area contributed by atoms with E-state index in [1.165, 1.54) is 57.8 Å². The predicted octanol–water partition coefficient (Wildman–Crippen LogP) is 9.73. The van der Waals surface area contributed by atoms with Crippen molar-refractivity contribution in [2.24, 2.45) is 62.1 Å². The van der Waals surface area contributed by atoms with E-state index in [0.29, 0.717) is 23.7 Å². The fraction of sp³-hybridized carbons (Fsp3) is 0.909. The Kier molecular flexibility index (Phi) is 10.3. The first-order valence-electron chi connectivity index (χ1n) is 20.9. The lowest BCUT2D eigenvalue weighted by Crippen LogP contribution is -2.66. The van der Waals surface area contributed by atoms with Gasteiger partial charge in [-0.2, -0.15) is 0 Å². The van der Waals surface area contributed by atoms with Crippen LogP contribution in [-0.4, -0.2) is 47.4 Å². The highest BCUT2D eigenvalue weighted by Gasteiger charge is 2.70. The molecule has 284 valence electrons. The van der Waals surface area contributed by atoms with Gasteiger partial charge in [-0.1, -0.05) is 78.9 Å². The van der Waals surface area contributed by atoms with E-state index in [4.69, 9.17) is 4.74 Å². The molecule has 5 fully saturated rings. The minimum atomic E-state index is -1.13. The number of ether oxygens (including phenoxy) is 1. The number of nitrogens with one attached hydrogen (secondary N) is 1. The molecule has 3 N–H and O–H groups in total. The summed E-state index contributed by atoms with van der Waals surface area (Å²) in [4.78, 5) is 24.8. The summed E-state index contributed by atoms with van der Waals surface area (Å²) in [5.74, 6) is 1.55. The van der Waals surface area contributed by atoms with E-state index in [2.05, 4.69) is 53.8 Å². The van der Waals surface area contributed by atoms with Crippen LogP contribution in [0.1, 0.15) is 165 Å². The van der Waals surface area contributed by atoms with E-state index in [0.717, 1.165) is 57.5 Å². The van der Waals surface area contributed by atoms with Crippen LogP contribution in [0, 0.1) is 62.1 Å². The standard InChI is InChI=1S/C44H73NO5/c1-28(2)30-17-22-44(34(46)27-45-26-29-13-11-10-12-14-29)24-23-42(8)31(37(30)44)15-16-33-41(7)20-19-35(50-36(47)25-39(3,4)38(48)49)40(5,6)32(41)18-21-43(33,42)9/h28-29,31-35,45-46H,10-27H2,1-9H3,(H,48,49)/t31-,32?,33?,34-,35+,41+,42-,43-,44-/m1/s1. The Morgan fingerprint density at radius 2 is 1.56 bits per heavy atom. The van der Waals surface area contributed by atoms with Crippen LogP contribution in [0.25, 0.3) is 0 Å². The largest absolute Gasteiger partial charge is 0.481 e. The maximum absolute atomic E-state index is 13.1. The number of hydrogen-bond donors (Lipinski definition) is 3. The van der Waals surface area contributed by atoms with Crippen LogP contribution in [0.4, 0.5) is 0 Å². The second-order valence-electron chi connectivity index (χ2n) is 20.7. The highest BCUT2D eigenvalue weighted by molar-refractivity contribution is 5.81. The van der Waals surface area contributed by atoms with E-state index in [9.17, 15) is 19.8 Å². The molecule has 5 saturated carbocycles. The fourth-order valence-corrected chi connectivity index (χ4v) is 14.1. The number of aliphatic carboxylic acids is 1. The second kappa shape index (κ2) is 13.5. The molecule has 0 aromatic carbocycles. The minimum absolute atomic E-state index is 0.0766. The second-order valence-corrected chi connectivity index (χ2v) is 20.7. The van der Waals surface area contributed by atoms with Crippen LogP contribution < -0.4 is 5.32 Å². The molecule has 0 amide bonds. The van der Waals surface area contributed by atoms with Gasteiger partial charge in [-0.25, -0.2) is 0 Å². The van der Waals surface area contributed by atoms with E-state index >= 15 is 0 Å². The lowest BCUT2D eigenvalue weighted by Gasteiger charge is -2.72. The van der Waals surface area contributed by atoms with E-state index in [1.54, 1.807) is 25.0 Å². The summed E-state index contributed by atoms with van der Waals surface area (Å²) in [5.41, 5.74) is 2.55. The third-order valence-electron chi connectivity index (χ3n) is 17.2. The molecule has 0 radical (unpaired) electrons. The number of fused-ring (bicyclic) bond motifs is 7. The third kappa shape index (κ3) is 6.05. The first-order chi connectivity index (χ1) is 23.3. The van der Waals surface area contributed by atoms with Crippen molar-refractivity contribution >= 4 is 11.9 Å². The van der Waals surface area contributed by atoms with Gasteiger partial charge in [0.1, 0.15) is 6.10 Å². The predicted molar refractivity (Wildman–Crippen MR) is 200 cm³/mol. The van der Waals surface area contributed by atoms with Gasteiger partial charge in [0, 0.05) is 17.4 Å². The quantitative estimate of drug-likeness (QED) is 0.156. The molecule has 6 rings (SSSR count). The Morgan fingerprint density at radius 3 is 2.22 bits per heavy atom. The molecular weight excluding hydrogens is 622 g/mol. The number of aliphatic hydroxyl groups excluding tert-OH is 1. The van der Waals surface area contributed by atoms with Gasteiger partial charge in [0.2, 0.25) is 0 Å². The van der Waals surface area contributed by atoms with Gasteiger partial charge in [0.05, 0.1) is 17.9 Å². The molecule has 6 heteroatoms. The summed E-state index contributed by atoms with van der Waals surface area (Å²) in [6.07, 6.45) is 17.4. The van der Waals surface area contributed by atoms with Crippen LogP contribution in [0.3, 0.4) is 0 Å². The SMILES string of the molecule is CC(C)C1=C2[C@H]3CCC4[C@@]5(C)CC[C@H](OC(=O)CC(C)(C)C(=O)O)C(C)(C)C5CC[C@@]4(C)[C@]3(C)CC[C@@]2([C@H](O)CNCC2CCCCC2)CC1. The first-order valence-corrected chi connectivity index (χ1v) is 20.9. The van der Waals surface area contributed by atoms with Crippen molar-refractivity contribution in [3.05, 3.63) is 11.1 Å². The zero-order valence-electron chi connectivity index (χ0n) is 33.4. The van der Waals surface area contributed by atoms with Gasteiger partial charge >= 0.3 is 11.9 Å². The van der Waals surface area contributed by atoms with Crippen LogP contribution in [-0.2, 0) is 14.3 Å². The Balaban J connectivity index is 1.23. The zero-order valence-corrected chi connectivity index (χ0v) is 33.4. The average Bonchev–Trinajstić information content (AvgIpc) is 3.44. The molecule has 2 unspecified atom stereocenters. The average molecular weight is 696 g/mol. The first kappa shape index (κ1) is 38.3. The summed E-state index contributed by atoms with van der Waals surface area (Å²) in [7, 11) is 0. The van der Waals surface area contributed by atoms with Gasteiger partial charge in [0.15, 0.2) is 0 Å². The van der Waals surface area contributed by atoms with Crippen molar-refractivity contribution in [3.8, 4) is 0 Å². The Morgan fingerprint density at radius 1 is 0.860 bits per heavy atom. The smallest absolute Gasteiger partial charge is 0.309 e. The summed E-state index contributed by atoms with van der Waals surface area (Å²) >= 11 is 0. The Hall–Kier alpha value is -1.40. The summed E-state index contributed by atoms with van der Waals surface area (Å²) < 4.78 is 6.19. The highest BCUT2D eigenvalue weighted by atomic mass is 16.5. The fourth-order valence-electron chi connectivity index (χ4n) is 14.1. The van der Waals surface area contributed by atoms with Crippen LogP contribution in [0.5, 0.6) is 0 Å². The molecule has 0 aromatic rings. The molecule has 0 aromatic heterocycles. The molecule has 0 saturated heterocycles. The molecule has 50 heavy (non-hydrogen) atoms. The van der Waals surface area contributed by atoms with Crippen LogP contribution in [0.15, 0.2) is 11.1 Å². The lowest BCUT2D eigenvalue weighted by molar-refractivity contribution is -0.235. The monoisotopic (exact) mass is 696 g/mol. The summed E-state index contributed by atoms with van der Waals surface area (Å²) in [5, 5.41) is 25.6. The van der Waals surface area contributed by atoms with Crippen LogP contribution >= 0.6 is 0 Å². The molecule has 0 aliphatic heterocycles.